The van der Waals surface area contributed by atoms with Crippen molar-refractivity contribution in [3.63, 3.8) is 0 Å². The fourth-order valence-corrected chi connectivity index (χ4v) is 3.81. The first-order valence-corrected chi connectivity index (χ1v) is 10.1. The SMILES string of the molecule is [C-]#[N+]c1ccc(CC(=O)N2CCn3nc(-c4cccc(OC(F)(F)F)c4)c(C(N)=O)c3C2)cc1. The molecule has 2 amide bonds. The highest BCUT2D eigenvalue weighted by atomic mass is 19.4. The molecule has 0 radical (unpaired) electrons. The van der Waals surface area contributed by atoms with Crippen molar-refractivity contribution >= 4 is 17.5 Å². The summed E-state index contributed by atoms with van der Waals surface area (Å²) in [5.41, 5.74) is 7.63. The first-order chi connectivity index (χ1) is 16.1. The Morgan fingerprint density at radius 1 is 1.15 bits per heavy atom. The number of amides is 2. The number of primary amides is 1. The third kappa shape index (κ3) is 4.85. The molecule has 11 heteroatoms. The normalized spacial score (nSPS) is 13.2. The molecular weight excluding hydrogens is 451 g/mol. The molecule has 0 fully saturated rings. The maximum atomic E-state index is 12.9. The highest BCUT2D eigenvalue weighted by molar-refractivity contribution is 6.00. The molecule has 2 heterocycles. The molecular formula is C23H18F3N5O3. The molecule has 2 N–H and O–H groups in total. The second-order valence-corrected chi connectivity index (χ2v) is 7.60. The Labute approximate surface area is 192 Å². The van der Waals surface area contributed by atoms with Gasteiger partial charge in [0, 0.05) is 12.1 Å². The Kier molecular flexibility index (Phi) is 5.98. The number of nitrogens with zero attached hydrogens (tertiary/aromatic N) is 4. The van der Waals surface area contributed by atoms with Crippen molar-refractivity contribution < 1.29 is 27.5 Å². The third-order valence-corrected chi connectivity index (χ3v) is 5.34. The first-order valence-electron chi connectivity index (χ1n) is 10.1. The summed E-state index contributed by atoms with van der Waals surface area (Å²) in [4.78, 5) is 30.1. The van der Waals surface area contributed by atoms with Crippen LogP contribution in [-0.2, 0) is 24.3 Å². The van der Waals surface area contributed by atoms with Gasteiger partial charge in [-0.3, -0.25) is 14.3 Å². The van der Waals surface area contributed by atoms with Gasteiger partial charge in [0.05, 0.1) is 37.3 Å². The molecule has 3 aromatic rings. The molecule has 0 unspecified atom stereocenters. The van der Waals surface area contributed by atoms with Crippen molar-refractivity contribution in [2.24, 2.45) is 5.73 Å². The summed E-state index contributed by atoms with van der Waals surface area (Å²) in [6.45, 7) is 7.70. The van der Waals surface area contributed by atoms with Gasteiger partial charge >= 0.3 is 6.36 Å². The lowest BCUT2D eigenvalue weighted by atomic mass is 10.0. The van der Waals surface area contributed by atoms with Gasteiger partial charge in [-0.2, -0.15) is 5.10 Å². The average molecular weight is 469 g/mol. The van der Waals surface area contributed by atoms with Crippen molar-refractivity contribution in [1.29, 1.82) is 0 Å². The van der Waals surface area contributed by atoms with Crippen molar-refractivity contribution in [3.8, 4) is 17.0 Å². The van der Waals surface area contributed by atoms with E-state index in [1.807, 2.05) is 0 Å². The van der Waals surface area contributed by atoms with Crippen LogP contribution in [0.15, 0.2) is 48.5 Å². The number of rotatable bonds is 5. The van der Waals surface area contributed by atoms with E-state index in [1.165, 1.54) is 12.1 Å². The van der Waals surface area contributed by atoms with E-state index in [0.29, 0.717) is 17.9 Å². The molecule has 8 nitrogen and oxygen atoms in total. The predicted molar refractivity (Wildman–Crippen MR) is 115 cm³/mol. The number of nitrogens with two attached hydrogens (primary N) is 1. The second-order valence-electron chi connectivity index (χ2n) is 7.60. The average Bonchev–Trinajstić information content (AvgIpc) is 3.18. The van der Waals surface area contributed by atoms with Gasteiger partial charge in [-0.05, 0) is 17.7 Å². The van der Waals surface area contributed by atoms with E-state index < -0.39 is 18.0 Å². The van der Waals surface area contributed by atoms with Gasteiger partial charge in [0.15, 0.2) is 5.69 Å². The quantitative estimate of drug-likeness (QED) is 0.577. The Balaban J connectivity index is 1.60. The largest absolute Gasteiger partial charge is 0.573 e. The molecule has 0 atom stereocenters. The molecule has 1 aromatic heterocycles. The molecule has 1 aliphatic heterocycles. The zero-order valence-electron chi connectivity index (χ0n) is 17.7. The number of benzene rings is 2. The summed E-state index contributed by atoms with van der Waals surface area (Å²) >= 11 is 0. The minimum atomic E-state index is -4.87. The highest BCUT2D eigenvalue weighted by Crippen LogP contribution is 2.32. The minimum Gasteiger partial charge on any atom is -0.406 e. The van der Waals surface area contributed by atoms with E-state index in [2.05, 4.69) is 14.7 Å². The number of carbonyl (C=O) groups is 2. The highest BCUT2D eigenvalue weighted by Gasteiger charge is 2.32. The fraction of sp³-hybridized carbons (Fsp3) is 0.217. The van der Waals surface area contributed by atoms with E-state index >= 15 is 0 Å². The van der Waals surface area contributed by atoms with E-state index in [-0.39, 0.29) is 42.2 Å². The molecule has 1 aliphatic rings. The molecule has 0 spiro atoms. The zero-order chi connectivity index (χ0) is 24.5. The Morgan fingerprint density at radius 2 is 1.88 bits per heavy atom. The molecule has 174 valence electrons. The minimum absolute atomic E-state index is 0.0445. The fourth-order valence-electron chi connectivity index (χ4n) is 3.81. The van der Waals surface area contributed by atoms with Crippen LogP contribution in [0.4, 0.5) is 18.9 Å². The van der Waals surface area contributed by atoms with E-state index in [4.69, 9.17) is 12.3 Å². The third-order valence-electron chi connectivity index (χ3n) is 5.34. The van der Waals surface area contributed by atoms with Gasteiger partial charge in [-0.1, -0.05) is 36.4 Å². The summed E-state index contributed by atoms with van der Waals surface area (Å²) in [6.07, 6.45) is -4.75. The Morgan fingerprint density at radius 3 is 2.53 bits per heavy atom. The van der Waals surface area contributed by atoms with E-state index in [1.54, 1.807) is 33.8 Å². The van der Waals surface area contributed by atoms with Crippen LogP contribution in [0, 0.1) is 6.57 Å². The van der Waals surface area contributed by atoms with Crippen LogP contribution in [0.5, 0.6) is 5.75 Å². The van der Waals surface area contributed by atoms with Crippen LogP contribution < -0.4 is 10.5 Å². The number of hydrogen-bond acceptors (Lipinski definition) is 4. The van der Waals surface area contributed by atoms with Gasteiger partial charge in [-0.25, -0.2) is 4.85 Å². The van der Waals surface area contributed by atoms with Crippen LogP contribution in [0.2, 0.25) is 0 Å². The molecule has 0 bridgehead atoms. The Bertz CT molecular complexity index is 1290. The van der Waals surface area contributed by atoms with E-state index in [9.17, 15) is 22.8 Å². The number of alkyl halides is 3. The van der Waals surface area contributed by atoms with Gasteiger partial charge in [-0.15, -0.1) is 13.2 Å². The van der Waals surface area contributed by atoms with Crippen molar-refractivity contribution in [1.82, 2.24) is 14.7 Å². The summed E-state index contributed by atoms with van der Waals surface area (Å²) < 4.78 is 43.4. The van der Waals surface area contributed by atoms with Gasteiger partial charge in [0.25, 0.3) is 5.91 Å². The number of fused-ring (bicyclic) bond motifs is 1. The summed E-state index contributed by atoms with van der Waals surface area (Å²) in [7, 11) is 0. The van der Waals surface area contributed by atoms with Crippen molar-refractivity contribution in [2.45, 2.75) is 25.9 Å². The molecule has 34 heavy (non-hydrogen) atoms. The standard InChI is InChI=1S/C23H18F3N5O3/c1-28-16-7-5-14(6-8-16)11-19(32)30-9-10-31-18(13-30)20(22(27)33)21(29-31)15-3-2-4-17(12-15)34-23(24,25)26/h2-8,12H,9-11,13H2,(H2,27,33). The predicted octanol–water partition coefficient (Wildman–Crippen LogP) is 3.68. The monoisotopic (exact) mass is 469 g/mol. The molecule has 0 saturated carbocycles. The number of halogens is 3. The lowest BCUT2D eigenvalue weighted by Gasteiger charge is -2.28. The number of hydrogen-bond donors (Lipinski definition) is 1. The van der Waals surface area contributed by atoms with Crippen LogP contribution >= 0.6 is 0 Å². The smallest absolute Gasteiger partial charge is 0.406 e. The number of ether oxygens (including phenoxy) is 1. The number of aromatic nitrogens is 2. The lowest BCUT2D eigenvalue weighted by Crippen LogP contribution is -2.40. The first kappa shape index (κ1) is 22.8. The van der Waals surface area contributed by atoms with Crippen molar-refractivity contribution in [3.05, 3.63) is 76.8 Å². The van der Waals surface area contributed by atoms with Crippen LogP contribution in [-0.4, -0.2) is 39.4 Å². The van der Waals surface area contributed by atoms with E-state index in [0.717, 1.165) is 17.7 Å². The summed E-state index contributed by atoms with van der Waals surface area (Å²) in [5.74, 6) is -1.43. The second kappa shape index (κ2) is 8.90. The molecule has 0 aliphatic carbocycles. The van der Waals surface area contributed by atoms with Gasteiger partial charge in [0.1, 0.15) is 11.4 Å². The topological polar surface area (TPSA) is 94.8 Å². The Hall–Kier alpha value is -4.33. The maximum Gasteiger partial charge on any atom is 0.573 e. The lowest BCUT2D eigenvalue weighted by molar-refractivity contribution is -0.274. The summed E-state index contributed by atoms with van der Waals surface area (Å²) in [5, 5.41) is 4.39. The molecule has 4 rings (SSSR count). The molecule has 0 saturated heterocycles. The summed E-state index contributed by atoms with van der Waals surface area (Å²) in [6, 6.07) is 11.8. The number of carbonyl (C=O) groups excluding carboxylic acids is 2. The van der Waals surface area contributed by atoms with Crippen molar-refractivity contribution in [2.75, 3.05) is 6.54 Å². The van der Waals surface area contributed by atoms with Crippen LogP contribution in [0.3, 0.4) is 0 Å². The van der Waals surface area contributed by atoms with Crippen LogP contribution in [0.1, 0.15) is 21.6 Å². The van der Waals surface area contributed by atoms with Gasteiger partial charge < -0.3 is 15.4 Å². The van der Waals surface area contributed by atoms with Gasteiger partial charge in [0.2, 0.25) is 5.91 Å². The molecule has 2 aromatic carbocycles. The maximum absolute atomic E-state index is 12.9. The zero-order valence-corrected chi connectivity index (χ0v) is 17.7. The van der Waals surface area contributed by atoms with Crippen LogP contribution in [0.25, 0.3) is 16.1 Å².